The monoisotopic (exact) mass is 334 g/mol. The standard InChI is InChI=1S/C21H22N2O2/c1-15(2)25-20-11-18(10-19(22)12-20)17-8-9-21(23-13-17)24-14-16-6-4-3-5-7-16/h3-13,15H,14,22H2,1-2H3. The molecule has 0 unspecified atom stereocenters. The molecule has 2 aromatic carbocycles. The van der Waals surface area contributed by atoms with Crippen LogP contribution in [0.5, 0.6) is 11.6 Å². The molecule has 0 atom stereocenters. The van der Waals surface area contributed by atoms with Crippen molar-refractivity contribution in [1.29, 1.82) is 0 Å². The molecule has 0 saturated carbocycles. The topological polar surface area (TPSA) is 57.4 Å². The number of nitrogens with zero attached hydrogens (tertiary/aromatic N) is 1. The number of rotatable bonds is 6. The molecular weight excluding hydrogens is 312 g/mol. The van der Waals surface area contributed by atoms with Crippen molar-refractivity contribution in [3.63, 3.8) is 0 Å². The van der Waals surface area contributed by atoms with Crippen LogP contribution in [-0.4, -0.2) is 11.1 Å². The molecule has 0 spiro atoms. The van der Waals surface area contributed by atoms with Gasteiger partial charge in [-0.05, 0) is 43.2 Å². The van der Waals surface area contributed by atoms with E-state index in [1.165, 1.54) is 0 Å². The Labute approximate surface area is 148 Å². The van der Waals surface area contributed by atoms with Crippen molar-refractivity contribution in [3.8, 4) is 22.8 Å². The zero-order valence-corrected chi connectivity index (χ0v) is 14.5. The van der Waals surface area contributed by atoms with E-state index in [1.54, 1.807) is 6.20 Å². The number of anilines is 1. The third kappa shape index (κ3) is 4.73. The second kappa shape index (κ2) is 7.71. The van der Waals surface area contributed by atoms with Crippen molar-refractivity contribution in [1.82, 2.24) is 4.98 Å². The number of aromatic nitrogens is 1. The molecule has 25 heavy (non-hydrogen) atoms. The van der Waals surface area contributed by atoms with Gasteiger partial charge in [0.05, 0.1) is 6.10 Å². The van der Waals surface area contributed by atoms with Crippen molar-refractivity contribution in [2.75, 3.05) is 5.73 Å². The normalized spacial score (nSPS) is 10.7. The van der Waals surface area contributed by atoms with Crippen molar-refractivity contribution >= 4 is 5.69 Å². The first-order valence-electron chi connectivity index (χ1n) is 8.30. The Morgan fingerprint density at radius 3 is 2.44 bits per heavy atom. The van der Waals surface area contributed by atoms with Crippen LogP contribution in [0.25, 0.3) is 11.1 Å². The summed E-state index contributed by atoms with van der Waals surface area (Å²) in [7, 11) is 0. The van der Waals surface area contributed by atoms with Crippen LogP contribution in [0.1, 0.15) is 19.4 Å². The third-order valence-electron chi connectivity index (χ3n) is 3.60. The summed E-state index contributed by atoms with van der Waals surface area (Å²) in [5.41, 5.74) is 9.70. The minimum Gasteiger partial charge on any atom is -0.491 e. The molecular formula is C21H22N2O2. The van der Waals surface area contributed by atoms with E-state index < -0.39 is 0 Å². The van der Waals surface area contributed by atoms with Gasteiger partial charge in [-0.3, -0.25) is 0 Å². The number of pyridine rings is 1. The zero-order chi connectivity index (χ0) is 17.6. The predicted octanol–water partition coefficient (Wildman–Crippen LogP) is 4.70. The molecule has 0 bridgehead atoms. The molecule has 2 N–H and O–H groups in total. The average Bonchev–Trinajstić information content (AvgIpc) is 2.60. The van der Waals surface area contributed by atoms with Crippen molar-refractivity contribution in [3.05, 3.63) is 72.4 Å². The molecule has 0 radical (unpaired) electrons. The van der Waals surface area contributed by atoms with E-state index in [2.05, 4.69) is 4.98 Å². The van der Waals surface area contributed by atoms with E-state index in [1.807, 2.05) is 74.5 Å². The van der Waals surface area contributed by atoms with Gasteiger partial charge in [0.2, 0.25) is 5.88 Å². The second-order valence-electron chi connectivity index (χ2n) is 6.12. The molecule has 4 heteroatoms. The Balaban J connectivity index is 1.72. The van der Waals surface area contributed by atoms with Crippen LogP contribution < -0.4 is 15.2 Å². The summed E-state index contributed by atoms with van der Waals surface area (Å²) < 4.78 is 11.5. The van der Waals surface area contributed by atoms with Gasteiger partial charge in [-0.2, -0.15) is 0 Å². The zero-order valence-electron chi connectivity index (χ0n) is 14.5. The molecule has 3 aromatic rings. The van der Waals surface area contributed by atoms with E-state index in [0.29, 0.717) is 18.2 Å². The Bertz CT molecular complexity index is 815. The summed E-state index contributed by atoms with van der Waals surface area (Å²) in [5.74, 6) is 1.35. The quantitative estimate of drug-likeness (QED) is 0.664. The number of nitrogen functional groups attached to an aromatic ring is 1. The van der Waals surface area contributed by atoms with Crippen molar-refractivity contribution < 1.29 is 9.47 Å². The van der Waals surface area contributed by atoms with Gasteiger partial charge in [0.1, 0.15) is 12.4 Å². The summed E-state index contributed by atoms with van der Waals surface area (Å²) in [5, 5.41) is 0. The van der Waals surface area contributed by atoms with Gasteiger partial charge < -0.3 is 15.2 Å². The number of hydrogen-bond donors (Lipinski definition) is 1. The summed E-state index contributed by atoms with van der Waals surface area (Å²) >= 11 is 0. The molecule has 0 aliphatic heterocycles. The smallest absolute Gasteiger partial charge is 0.213 e. The summed E-state index contributed by atoms with van der Waals surface area (Å²) in [6.45, 7) is 4.48. The molecule has 0 fully saturated rings. The highest BCUT2D eigenvalue weighted by molar-refractivity contribution is 5.69. The average molecular weight is 334 g/mol. The maximum atomic E-state index is 5.99. The molecule has 0 aliphatic rings. The lowest BCUT2D eigenvalue weighted by atomic mass is 10.1. The minimum atomic E-state index is 0.0986. The molecule has 1 heterocycles. The number of benzene rings is 2. The lowest BCUT2D eigenvalue weighted by molar-refractivity contribution is 0.242. The van der Waals surface area contributed by atoms with E-state index in [-0.39, 0.29) is 6.10 Å². The van der Waals surface area contributed by atoms with E-state index in [0.717, 1.165) is 22.4 Å². The first-order chi connectivity index (χ1) is 12.1. The first kappa shape index (κ1) is 16.8. The van der Waals surface area contributed by atoms with Crippen LogP contribution in [-0.2, 0) is 6.61 Å². The van der Waals surface area contributed by atoms with Gasteiger partial charge in [0, 0.05) is 29.6 Å². The molecule has 0 amide bonds. The number of ether oxygens (including phenoxy) is 2. The van der Waals surface area contributed by atoms with Crippen LogP contribution in [0.15, 0.2) is 66.9 Å². The number of hydrogen-bond acceptors (Lipinski definition) is 4. The van der Waals surface area contributed by atoms with E-state index in [9.17, 15) is 0 Å². The van der Waals surface area contributed by atoms with Crippen molar-refractivity contribution in [2.45, 2.75) is 26.6 Å². The maximum absolute atomic E-state index is 5.99. The van der Waals surface area contributed by atoms with Crippen LogP contribution >= 0.6 is 0 Å². The van der Waals surface area contributed by atoms with Crippen molar-refractivity contribution in [2.24, 2.45) is 0 Å². The fourth-order valence-electron chi connectivity index (χ4n) is 2.50. The van der Waals surface area contributed by atoms with E-state index in [4.69, 9.17) is 15.2 Å². The van der Waals surface area contributed by atoms with Gasteiger partial charge in [0.15, 0.2) is 0 Å². The largest absolute Gasteiger partial charge is 0.491 e. The third-order valence-corrected chi connectivity index (χ3v) is 3.60. The van der Waals surface area contributed by atoms with Crippen LogP contribution in [0.2, 0.25) is 0 Å². The van der Waals surface area contributed by atoms with Gasteiger partial charge in [-0.1, -0.05) is 30.3 Å². The Hall–Kier alpha value is -3.01. The fraction of sp³-hybridized carbons (Fsp3) is 0.190. The lowest BCUT2D eigenvalue weighted by Gasteiger charge is -2.12. The van der Waals surface area contributed by atoms with Gasteiger partial charge in [0.25, 0.3) is 0 Å². The predicted molar refractivity (Wildman–Crippen MR) is 101 cm³/mol. The molecule has 4 nitrogen and oxygen atoms in total. The summed E-state index contributed by atoms with van der Waals surface area (Å²) in [6.07, 6.45) is 1.88. The Morgan fingerprint density at radius 1 is 0.960 bits per heavy atom. The minimum absolute atomic E-state index is 0.0986. The molecule has 1 aromatic heterocycles. The highest BCUT2D eigenvalue weighted by Crippen LogP contribution is 2.28. The SMILES string of the molecule is CC(C)Oc1cc(N)cc(-c2ccc(OCc3ccccc3)nc2)c1. The van der Waals surface area contributed by atoms with Gasteiger partial charge in [-0.15, -0.1) is 0 Å². The molecule has 0 aliphatic carbocycles. The lowest BCUT2D eigenvalue weighted by Crippen LogP contribution is -2.06. The van der Waals surface area contributed by atoms with Gasteiger partial charge >= 0.3 is 0 Å². The molecule has 0 saturated heterocycles. The summed E-state index contributed by atoms with van der Waals surface area (Å²) in [4.78, 5) is 4.39. The summed E-state index contributed by atoms with van der Waals surface area (Å²) in [6, 6.07) is 19.6. The fourth-order valence-corrected chi connectivity index (χ4v) is 2.50. The first-order valence-corrected chi connectivity index (χ1v) is 8.30. The van der Waals surface area contributed by atoms with E-state index >= 15 is 0 Å². The molecule has 128 valence electrons. The second-order valence-corrected chi connectivity index (χ2v) is 6.12. The van der Waals surface area contributed by atoms with Crippen LogP contribution in [0.4, 0.5) is 5.69 Å². The highest BCUT2D eigenvalue weighted by Gasteiger charge is 2.06. The Kier molecular flexibility index (Phi) is 5.19. The van der Waals surface area contributed by atoms with Crippen LogP contribution in [0.3, 0.4) is 0 Å². The van der Waals surface area contributed by atoms with Gasteiger partial charge in [-0.25, -0.2) is 4.98 Å². The maximum Gasteiger partial charge on any atom is 0.213 e. The van der Waals surface area contributed by atoms with Crippen LogP contribution in [0, 0.1) is 0 Å². The highest BCUT2D eigenvalue weighted by atomic mass is 16.5. The molecule has 3 rings (SSSR count). The Morgan fingerprint density at radius 2 is 1.76 bits per heavy atom. The number of nitrogens with two attached hydrogens (primary N) is 1.